The van der Waals surface area contributed by atoms with Crippen molar-refractivity contribution >= 4 is 5.97 Å². The molecule has 1 aliphatic carbocycles. The Kier molecular flexibility index (Phi) is 5.69. The molecule has 0 N–H and O–H groups in total. The number of aryl methyl sites for hydroxylation is 1. The molecule has 1 aliphatic rings. The Labute approximate surface area is 154 Å². The molecule has 0 aliphatic heterocycles. The van der Waals surface area contributed by atoms with Gasteiger partial charge in [-0.15, -0.1) is 0 Å². The minimum absolute atomic E-state index is 0.0507. The summed E-state index contributed by atoms with van der Waals surface area (Å²) in [6, 6.07) is 3.68. The van der Waals surface area contributed by atoms with Crippen LogP contribution in [-0.4, -0.2) is 27.2 Å². The van der Waals surface area contributed by atoms with Crippen LogP contribution in [0.1, 0.15) is 58.8 Å². The van der Waals surface area contributed by atoms with Crippen LogP contribution < -0.4 is 0 Å². The molecule has 0 bridgehead atoms. The van der Waals surface area contributed by atoms with Crippen molar-refractivity contribution < 1.29 is 14.1 Å². The molecule has 0 spiro atoms. The van der Waals surface area contributed by atoms with Crippen LogP contribution in [0.4, 0.5) is 0 Å². The van der Waals surface area contributed by atoms with Gasteiger partial charge in [-0.05, 0) is 49.1 Å². The summed E-state index contributed by atoms with van der Waals surface area (Å²) in [5.74, 6) is 1.45. The van der Waals surface area contributed by atoms with Gasteiger partial charge in [0.05, 0.1) is 6.42 Å². The number of pyridine rings is 1. The Morgan fingerprint density at radius 1 is 1.27 bits per heavy atom. The lowest BCUT2D eigenvalue weighted by Gasteiger charge is -2.36. The lowest BCUT2D eigenvalue weighted by molar-refractivity contribution is -0.151. The van der Waals surface area contributed by atoms with Crippen molar-refractivity contribution in [2.45, 2.75) is 65.4 Å². The Bertz CT molecular complexity index is 713. The van der Waals surface area contributed by atoms with E-state index in [9.17, 15) is 4.79 Å². The minimum Gasteiger partial charge on any atom is -0.462 e. The van der Waals surface area contributed by atoms with Gasteiger partial charge in [-0.1, -0.05) is 25.9 Å². The first-order valence-electron chi connectivity index (χ1n) is 9.34. The summed E-state index contributed by atoms with van der Waals surface area (Å²) in [4.78, 5) is 20.5. The van der Waals surface area contributed by atoms with E-state index in [0.29, 0.717) is 29.5 Å². The molecule has 1 saturated carbocycles. The van der Waals surface area contributed by atoms with Gasteiger partial charge in [-0.3, -0.25) is 9.78 Å². The van der Waals surface area contributed by atoms with Crippen molar-refractivity contribution in [1.29, 1.82) is 0 Å². The van der Waals surface area contributed by atoms with Crippen molar-refractivity contribution in [2.75, 3.05) is 0 Å². The van der Waals surface area contributed by atoms with Gasteiger partial charge in [-0.2, -0.15) is 4.98 Å². The van der Waals surface area contributed by atoms with E-state index in [1.54, 1.807) is 12.4 Å². The van der Waals surface area contributed by atoms with Gasteiger partial charge in [0.1, 0.15) is 6.10 Å². The molecule has 0 saturated heterocycles. The molecule has 6 nitrogen and oxygen atoms in total. The average Bonchev–Trinajstić information content (AvgIpc) is 3.09. The number of rotatable bonds is 5. The Balaban J connectivity index is 1.43. The van der Waals surface area contributed by atoms with E-state index in [1.165, 1.54) is 0 Å². The van der Waals surface area contributed by atoms with Crippen LogP contribution in [0, 0.1) is 11.3 Å². The van der Waals surface area contributed by atoms with Crippen molar-refractivity contribution in [2.24, 2.45) is 11.3 Å². The van der Waals surface area contributed by atoms with E-state index in [-0.39, 0.29) is 18.5 Å². The molecule has 0 amide bonds. The molecular weight excluding hydrogens is 330 g/mol. The molecule has 26 heavy (non-hydrogen) atoms. The zero-order chi connectivity index (χ0) is 18.6. The summed E-state index contributed by atoms with van der Waals surface area (Å²) in [7, 11) is 0. The highest BCUT2D eigenvalue weighted by molar-refractivity contribution is 5.69. The fraction of sp³-hybridized carbons (Fsp3) is 0.600. The first-order chi connectivity index (χ1) is 12.4. The average molecular weight is 357 g/mol. The van der Waals surface area contributed by atoms with E-state index < -0.39 is 0 Å². The molecule has 2 aromatic heterocycles. The van der Waals surface area contributed by atoms with E-state index in [2.05, 4.69) is 35.9 Å². The highest BCUT2D eigenvalue weighted by Crippen LogP contribution is 2.38. The zero-order valence-corrected chi connectivity index (χ0v) is 15.8. The largest absolute Gasteiger partial charge is 0.462 e. The predicted molar refractivity (Wildman–Crippen MR) is 97.1 cm³/mol. The maximum atomic E-state index is 12.1. The number of carbonyl (C=O) groups excluding carboxylic acids is 1. The molecular formula is C20H27N3O3. The maximum Gasteiger partial charge on any atom is 0.306 e. The van der Waals surface area contributed by atoms with Crippen LogP contribution in [0.3, 0.4) is 0 Å². The highest BCUT2D eigenvalue weighted by atomic mass is 16.5. The molecule has 0 aromatic carbocycles. The van der Waals surface area contributed by atoms with Crippen molar-refractivity contribution in [3.8, 4) is 11.4 Å². The normalized spacial score (nSPS) is 20.7. The molecule has 1 fully saturated rings. The molecule has 140 valence electrons. The minimum atomic E-state index is -0.190. The van der Waals surface area contributed by atoms with Gasteiger partial charge in [-0.25, -0.2) is 0 Å². The number of nitrogens with zero attached hydrogens (tertiary/aromatic N) is 3. The smallest absolute Gasteiger partial charge is 0.306 e. The third kappa shape index (κ3) is 4.90. The SMILES string of the molecule is CC(C)(C)C1CCC(OC(=O)CCc2nc(-c3cccnc3)no2)CC1. The fourth-order valence-electron chi connectivity index (χ4n) is 3.47. The summed E-state index contributed by atoms with van der Waals surface area (Å²) >= 11 is 0. The summed E-state index contributed by atoms with van der Waals surface area (Å²) < 4.78 is 10.8. The van der Waals surface area contributed by atoms with Crippen molar-refractivity contribution in [3.63, 3.8) is 0 Å². The lowest BCUT2D eigenvalue weighted by atomic mass is 9.72. The van der Waals surface area contributed by atoms with E-state index in [4.69, 9.17) is 9.26 Å². The molecule has 2 aromatic rings. The number of carbonyl (C=O) groups is 1. The van der Waals surface area contributed by atoms with Crippen LogP contribution in [0.2, 0.25) is 0 Å². The number of hydrogen-bond acceptors (Lipinski definition) is 6. The molecule has 0 unspecified atom stereocenters. The summed E-state index contributed by atoms with van der Waals surface area (Å²) in [6.07, 6.45) is 8.23. The number of esters is 1. The molecule has 0 atom stereocenters. The first kappa shape index (κ1) is 18.5. The van der Waals surface area contributed by atoms with Crippen LogP contribution in [0.25, 0.3) is 11.4 Å². The van der Waals surface area contributed by atoms with Gasteiger partial charge in [0, 0.05) is 24.4 Å². The first-order valence-corrected chi connectivity index (χ1v) is 9.34. The predicted octanol–water partition coefficient (Wildman–Crippen LogP) is 4.21. The summed E-state index contributed by atoms with van der Waals surface area (Å²) in [5, 5.41) is 3.93. The monoisotopic (exact) mass is 357 g/mol. The van der Waals surface area contributed by atoms with Gasteiger partial charge in [0.2, 0.25) is 11.7 Å². The Hall–Kier alpha value is -2.24. The van der Waals surface area contributed by atoms with E-state index in [1.807, 2.05) is 12.1 Å². The summed E-state index contributed by atoms with van der Waals surface area (Å²) in [6.45, 7) is 6.86. The highest BCUT2D eigenvalue weighted by Gasteiger charge is 2.31. The van der Waals surface area contributed by atoms with E-state index >= 15 is 0 Å². The van der Waals surface area contributed by atoms with Crippen LogP contribution in [0.15, 0.2) is 29.0 Å². The zero-order valence-electron chi connectivity index (χ0n) is 15.8. The van der Waals surface area contributed by atoms with Gasteiger partial charge in [0.15, 0.2) is 0 Å². The van der Waals surface area contributed by atoms with Gasteiger partial charge >= 0.3 is 5.97 Å². The maximum absolute atomic E-state index is 12.1. The van der Waals surface area contributed by atoms with Crippen molar-refractivity contribution in [1.82, 2.24) is 15.1 Å². The van der Waals surface area contributed by atoms with Gasteiger partial charge < -0.3 is 9.26 Å². The quantitative estimate of drug-likeness (QED) is 0.746. The van der Waals surface area contributed by atoms with Crippen LogP contribution in [0.5, 0.6) is 0 Å². The third-order valence-corrected chi connectivity index (χ3v) is 5.13. The lowest BCUT2D eigenvalue weighted by Crippen LogP contribution is -2.30. The fourth-order valence-corrected chi connectivity index (χ4v) is 3.47. The molecule has 0 radical (unpaired) electrons. The van der Waals surface area contributed by atoms with E-state index in [0.717, 1.165) is 31.2 Å². The number of hydrogen-bond donors (Lipinski definition) is 0. The standard InChI is InChI=1S/C20H27N3O3/c1-20(2,3)15-6-8-16(9-7-15)25-18(24)11-10-17-22-19(23-26-17)14-5-4-12-21-13-14/h4-5,12-13,15-16H,6-11H2,1-3H3. The number of ether oxygens (including phenoxy) is 1. The second kappa shape index (κ2) is 7.98. The summed E-state index contributed by atoms with van der Waals surface area (Å²) in [5.41, 5.74) is 1.12. The molecule has 3 rings (SSSR count). The van der Waals surface area contributed by atoms with Crippen LogP contribution >= 0.6 is 0 Å². The molecule has 6 heteroatoms. The molecule has 2 heterocycles. The second-order valence-electron chi connectivity index (χ2n) is 8.08. The number of aromatic nitrogens is 3. The Morgan fingerprint density at radius 3 is 2.69 bits per heavy atom. The third-order valence-electron chi connectivity index (χ3n) is 5.13. The van der Waals surface area contributed by atoms with Crippen molar-refractivity contribution in [3.05, 3.63) is 30.4 Å². The second-order valence-corrected chi connectivity index (χ2v) is 8.08. The van der Waals surface area contributed by atoms with Gasteiger partial charge in [0.25, 0.3) is 0 Å². The Morgan fingerprint density at radius 2 is 2.04 bits per heavy atom. The van der Waals surface area contributed by atoms with Crippen LogP contribution in [-0.2, 0) is 16.0 Å². The topological polar surface area (TPSA) is 78.1 Å².